The van der Waals surface area contributed by atoms with Crippen molar-refractivity contribution >= 4 is 16.7 Å². The summed E-state index contributed by atoms with van der Waals surface area (Å²) in [6, 6.07) is 7.20. The van der Waals surface area contributed by atoms with Crippen LogP contribution in [0, 0.1) is 0 Å². The van der Waals surface area contributed by atoms with E-state index in [1.807, 2.05) is 12.1 Å². The molecular weight excluding hydrogens is 322 g/mol. The first-order valence-corrected chi connectivity index (χ1v) is 8.65. The first kappa shape index (κ1) is 17.6. The SMILES string of the molecule is O=C(Cn1ncc2ccccc2c1=O)NCCCOC[C@@H]1CCCO1. The predicted octanol–water partition coefficient (Wildman–Crippen LogP) is 1.10. The minimum Gasteiger partial charge on any atom is -0.379 e. The highest BCUT2D eigenvalue weighted by atomic mass is 16.5. The zero-order valence-corrected chi connectivity index (χ0v) is 14.1. The Morgan fingerprint density at radius 3 is 3.12 bits per heavy atom. The average molecular weight is 345 g/mol. The van der Waals surface area contributed by atoms with E-state index in [1.54, 1.807) is 18.3 Å². The van der Waals surface area contributed by atoms with Gasteiger partial charge in [0.15, 0.2) is 0 Å². The molecule has 1 N–H and O–H groups in total. The second-order valence-electron chi connectivity index (χ2n) is 6.11. The molecule has 0 radical (unpaired) electrons. The van der Waals surface area contributed by atoms with Gasteiger partial charge in [-0.25, -0.2) is 4.68 Å². The number of aromatic nitrogens is 2. The highest BCUT2D eigenvalue weighted by Gasteiger charge is 2.15. The van der Waals surface area contributed by atoms with Gasteiger partial charge in [-0.15, -0.1) is 0 Å². The third-order valence-corrected chi connectivity index (χ3v) is 4.17. The minimum atomic E-state index is -0.256. The molecule has 2 aromatic rings. The highest BCUT2D eigenvalue weighted by molar-refractivity contribution is 5.81. The molecule has 1 aromatic heterocycles. The Hall–Kier alpha value is -2.25. The van der Waals surface area contributed by atoms with Crippen LogP contribution in [-0.4, -0.2) is 48.2 Å². The molecule has 134 valence electrons. The van der Waals surface area contributed by atoms with Gasteiger partial charge in [0.2, 0.25) is 5.91 Å². The Morgan fingerprint density at radius 1 is 1.40 bits per heavy atom. The van der Waals surface area contributed by atoms with Crippen molar-refractivity contribution in [1.82, 2.24) is 15.1 Å². The van der Waals surface area contributed by atoms with Gasteiger partial charge in [0.1, 0.15) is 6.54 Å². The number of carbonyl (C=O) groups is 1. The monoisotopic (exact) mass is 345 g/mol. The molecule has 1 aliphatic heterocycles. The van der Waals surface area contributed by atoms with Crippen molar-refractivity contribution in [3.63, 3.8) is 0 Å². The maximum absolute atomic E-state index is 12.3. The molecule has 2 heterocycles. The van der Waals surface area contributed by atoms with Crippen LogP contribution < -0.4 is 10.9 Å². The Morgan fingerprint density at radius 2 is 2.28 bits per heavy atom. The Kier molecular flexibility index (Phi) is 6.14. The van der Waals surface area contributed by atoms with Gasteiger partial charge >= 0.3 is 0 Å². The Bertz CT molecular complexity index is 768. The van der Waals surface area contributed by atoms with Crippen molar-refractivity contribution in [3.8, 4) is 0 Å². The molecule has 0 unspecified atom stereocenters. The van der Waals surface area contributed by atoms with Gasteiger partial charge in [0, 0.05) is 25.1 Å². The van der Waals surface area contributed by atoms with Gasteiger partial charge in [-0.2, -0.15) is 5.10 Å². The molecular formula is C18H23N3O4. The molecule has 0 aliphatic carbocycles. The summed E-state index contributed by atoms with van der Waals surface area (Å²) < 4.78 is 12.2. The van der Waals surface area contributed by atoms with Crippen LogP contribution in [0.25, 0.3) is 10.8 Å². The Labute approximate surface area is 145 Å². The lowest BCUT2D eigenvalue weighted by Crippen LogP contribution is -2.34. The van der Waals surface area contributed by atoms with E-state index < -0.39 is 0 Å². The molecule has 1 saturated heterocycles. The molecule has 0 spiro atoms. The highest BCUT2D eigenvalue weighted by Crippen LogP contribution is 2.11. The molecule has 1 aromatic carbocycles. The lowest BCUT2D eigenvalue weighted by atomic mass is 10.2. The van der Waals surface area contributed by atoms with E-state index in [1.165, 1.54) is 4.68 Å². The zero-order valence-electron chi connectivity index (χ0n) is 14.1. The second kappa shape index (κ2) is 8.73. The number of amides is 1. The first-order chi connectivity index (χ1) is 12.2. The van der Waals surface area contributed by atoms with Crippen LogP contribution >= 0.6 is 0 Å². The molecule has 1 aliphatic rings. The second-order valence-corrected chi connectivity index (χ2v) is 6.11. The van der Waals surface area contributed by atoms with Crippen molar-refractivity contribution in [3.05, 3.63) is 40.8 Å². The standard InChI is InChI=1S/C18H23N3O4/c22-17(19-8-4-9-24-13-15-6-3-10-25-15)12-21-18(23)16-7-2-1-5-14(16)11-20-21/h1-2,5,7,11,15H,3-4,6,8-10,12-13H2,(H,19,22)/t15-/m0/s1. The third-order valence-electron chi connectivity index (χ3n) is 4.17. The average Bonchev–Trinajstić information content (AvgIpc) is 3.14. The van der Waals surface area contributed by atoms with Crippen molar-refractivity contribution in [2.45, 2.75) is 31.9 Å². The normalized spacial score (nSPS) is 17.0. The summed E-state index contributed by atoms with van der Waals surface area (Å²) in [5.41, 5.74) is -0.256. The lowest BCUT2D eigenvalue weighted by molar-refractivity contribution is -0.121. The number of hydrogen-bond donors (Lipinski definition) is 1. The van der Waals surface area contributed by atoms with E-state index in [0.29, 0.717) is 25.1 Å². The lowest BCUT2D eigenvalue weighted by Gasteiger charge is -2.10. The van der Waals surface area contributed by atoms with Gasteiger partial charge in [-0.1, -0.05) is 18.2 Å². The summed E-state index contributed by atoms with van der Waals surface area (Å²) in [5.74, 6) is -0.232. The molecule has 0 saturated carbocycles. The van der Waals surface area contributed by atoms with E-state index in [4.69, 9.17) is 9.47 Å². The number of rotatable bonds is 8. The van der Waals surface area contributed by atoms with E-state index in [9.17, 15) is 9.59 Å². The summed E-state index contributed by atoms with van der Waals surface area (Å²) in [6.45, 7) is 2.44. The van der Waals surface area contributed by atoms with Gasteiger partial charge in [0.25, 0.3) is 5.56 Å². The number of fused-ring (bicyclic) bond motifs is 1. The van der Waals surface area contributed by atoms with Crippen molar-refractivity contribution in [1.29, 1.82) is 0 Å². The predicted molar refractivity (Wildman–Crippen MR) is 93.4 cm³/mol. The van der Waals surface area contributed by atoms with E-state index in [-0.39, 0.29) is 24.1 Å². The third kappa shape index (κ3) is 4.87. The largest absolute Gasteiger partial charge is 0.379 e. The van der Waals surface area contributed by atoms with Crippen LogP contribution in [0.15, 0.2) is 35.3 Å². The fraction of sp³-hybridized carbons (Fsp3) is 0.500. The van der Waals surface area contributed by atoms with E-state index >= 15 is 0 Å². The Balaban J connectivity index is 1.39. The van der Waals surface area contributed by atoms with Crippen molar-refractivity contribution in [2.24, 2.45) is 0 Å². The first-order valence-electron chi connectivity index (χ1n) is 8.65. The van der Waals surface area contributed by atoms with Crippen LogP contribution in [0.1, 0.15) is 19.3 Å². The van der Waals surface area contributed by atoms with Crippen LogP contribution in [0.4, 0.5) is 0 Å². The van der Waals surface area contributed by atoms with Crippen LogP contribution in [0.2, 0.25) is 0 Å². The summed E-state index contributed by atoms with van der Waals surface area (Å²) >= 11 is 0. The summed E-state index contributed by atoms with van der Waals surface area (Å²) in [7, 11) is 0. The summed E-state index contributed by atoms with van der Waals surface area (Å²) in [6.07, 6.45) is 4.71. The zero-order chi connectivity index (χ0) is 17.5. The smallest absolute Gasteiger partial charge is 0.275 e. The molecule has 3 rings (SSSR count). The molecule has 1 atom stereocenters. The van der Waals surface area contributed by atoms with Gasteiger partial charge in [-0.05, 0) is 25.3 Å². The number of nitrogens with one attached hydrogen (secondary N) is 1. The van der Waals surface area contributed by atoms with Crippen molar-refractivity contribution in [2.75, 3.05) is 26.4 Å². The summed E-state index contributed by atoms with van der Waals surface area (Å²) in [4.78, 5) is 24.3. The molecule has 0 bridgehead atoms. The molecule has 7 nitrogen and oxygen atoms in total. The van der Waals surface area contributed by atoms with E-state index in [2.05, 4.69) is 10.4 Å². The number of carbonyl (C=O) groups excluding carboxylic acids is 1. The quantitative estimate of drug-likeness (QED) is 0.725. The number of ether oxygens (including phenoxy) is 2. The van der Waals surface area contributed by atoms with Gasteiger partial charge in [-0.3, -0.25) is 9.59 Å². The van der Waals surface area contributed by atoms with E-state index in [0.717, 1.165) is 31.3 Å². The van der Waals surface area contributed by atoms with Gasteiger partial charge in [0.05, 0.1) is 24.3 Å². The molecule has 1 amide bonds. The van der Waals surface area contributed by atoms with Gasteiger partial charge < -0.3 is 14.8 Å². The molecule has 1 fully saturated rings. The van der Waals surface area contributed by atoms with Crippen LogP contribution in [0.5, 0.6) is 0 Å². The van der Waals surface area contributed by atoms with Crippen LogP contribution in [-0.2, 0) is 20.8 Å². The fourth-order valence-electron chi connectivity index (χ4n) is 2.82. The number of benzene rings is 1. The molecule has 7 heteroatoms. The topological polar surface area (TPSA) is 82.5 Å². The maximum atomic E-state index is 12.3. The number of nitrogens with zero attached hydrogens (tertiary/aromatic N) is 2. The fourth-order valence-corrected chi connectivity index (χ4v) is 2.82. The maximum Gasteiger partial charge on any atom is 0.275 e. The van der Waals surface area contributed by atoms with Crippen molar-refractivity contribution < 1.29 is 14.3 Å². The number of hydrogen-bond acceptors (Lipinski definition) is 5. The summed E-state index contributed by atoms with van der Waals surface area (Å²) in [5, 5.41) is 8.17. The van der Waals surface area contributed by atoms with Crippen LogP contribution in [0.3, 0.4) is 0 Å². The minimum absolute atomic E-state index is 0.0829. The molecule has 25 heavy (non-hydrogen) atoms.